The number of halogens is 2. The van der Waals surface area contributed by atoms with Gasteiger partial charge in [0.2, 0.25) is 5.56 Å². The second kappa shape index (κ2) is 6.17. The van der Waals surface area contributed by atoms with Crippen molar-refractivity contribution < 1.29 is 8.78 Å². The van der Waals surface area contributed by atoms with E-state index in [9.17, 15) is 13.6 Å². The van der Waals surface area contributed by atoms with Crippen LogP contribution >= 0.6 is 0 Å². The molecule has 6 nitrogen and oxygen atoms in total. The summed E-state index contributed by atoms with van der Waals surface area (Å²) in [6.45, 7) is 4.70. The van der Waals surface area contributed by atoms with Crippen molar-refractivity contribution in [2.24, 2.45) is 5.41 Å². The summed E-state index contributed by atoms with van der Waals surface area (Å²) < 4.78 is 29.9. The number of nitrogens with zero attached hydrogens (tertiary/aromatic N) is 4. The zero-order valence-corrected chi connectivity index (χ0v) is 16.0. The van der Waals surface area contributed by atoms with Crippen LogP contribution in [0.4, 0.5) is 8.78 Å². The minimum absolute atomic E-state index is 0.130. The number of pyridine rings is 1. The molecular weight excluding hydrogens is 376 g/mol. The van der Waals surface area contributed by atoms with E-state index >= 15 is 0 Å². The minimum atomic E-state index is -1.06. The molecule has 29 heavy (non-hydrogen) atoms. The molecule has 1 N–H and O–H groups in total. The topological polar surface area (TPSA) is 76.5 Å². The number of H-pyrrole nitrogens is 1. The lowest BCUT2D eigenvalue weighted by Crippen LogP contribution is -2.32. The lowest BCUT2D eigenvalue weighted by Gasteiger charge is -2.42. The molecule has 1 aliphatic rings. The average molecular weight is 395 g/mol. The van der Waals surface area contributed by atoms with Crippen LogP contribution in [0.5, 0.6) is 0 Å². The van der Waals surface area contributed by atoms with Gasteiger partial charge in [-0.05, 0) is 36.0 Å². The fourth-order valence-corrected chi connectivity index (χ4v) is 4.43. The van der Waals surface area contributed by atoms with Gasteiger partial charge in [-0.3, -0.25) is 4.79 Å². The zero-order chi connectivity index (χ0) is 20.3. The quantitative estimate of drug-likeness (QED) is 0.571. The SMILES string of the molecule is CC1(C)CC(c2nc3nccnc3n2Cc2cc(=O)[nH]c3c(F)c(F)ccc23)C1. The molecule has 1 saturated carbocycles. The van der Waals surface area contributed by atoms with Crippen LogP contribution in [0.3, 0.4) is 0 Å². The largest absolute Gasteiger partial charge is 0.319 e. The van der Waals surface area contributed by atoms with E-state index in [1.165, 1.54) is 12.1 Å². The first-order valence-electron chi connectivity index (χ1n) is 9.49. The molecule has 3 heterocycles. The Bertz CT molecular complexity index is 1320. The number of rotatable bonds is 3. The van der Waals surface area contributed by atoms with Gasteiger partial charge in [-0.1, -0.05) is 13.8 Å². The lowest BCUT2D eigenvalue weighted by molar-refractivity contribution is 0.143. The number of nitrogens with one attached hydrogen (secondary N) is 1. The number of imidazole rings is 1. The maximum Gasteiger partial charge on any atom is 0.248 e. The molecule has 0 atom stereocenters. The van der Waals surface area contributed by atoms with Gasteiger partial charge in [0.15, 0.2) is 22.9 Å². The molecule has 4 aromatic rings. The number of hydrogen-bond acceptors (Lipinski definition) is 4. The van der Waals surface area contributed by atoms with Gasteiger partial charge in [-0.25, -0.2) is 23.7 Å². The van der Waals surface area contributed by atoms with Crippen LogP contribution in [0.15, 0.2) is 35.4 Å². The molecule has 148 valence electrons. The van der Waals surface area contributed by atoms with Crippen LogP contribution in [0.25, 0.3) is 22.2 Å². The third kappa shape index (κ3) is 2.90. The highest BCUT2D eigenvalue weighted by molar-refractivity contribution is 5.82. The fraction of sp³-hybridized carbons (Fsp3) is 0.333. The smallest absolute Gasteiger partial charge is 0.248 e. The standard InChI is InChI=1S/C21H19F2N5O/c1-21(2)8-12(9-21)19-27-18-20(25-6-5-24-18)28(19)10-11-7-15(29)26-17-13(11)3-4-14(22)16(17)23/h3-7,12H,8-10H2,1-2H3,(H,26,29). The van der Waals surface area contributed by atoms with E-state index in [1.807, 2.05) is 4.57 Å². The van der Waals surface area contributed by atoms with Crippen molar-refractivity contribution in [3.05, 3.63) is 64.0 Å². The van der Waals surface area contributed by atoms with Crippen molar-refractivity contribution in [3.8, 4) is 0 Å². The fourth-order valence-electron chi connectivity index (χ4n) is 4.43. The maximum absolute atomic E-state index is 14.3. The number of benzene rings is 1. The summed E-state index contributed by atoms with van der Waals surface area (Å²) in [7, 11) is 0. The van der Waals surface area contributed by atoms with Gasteiger partial charge in [0, 0.05) is 29.8 Å². The second-order valence-electron chi connectivity index (χ2n) is 8.47. The van der Waals surface area contributed by atoms with E-state index in [0.29, 0.717) is 22.2 Å². The Kier molecular flexibility index (Phi) is 3.81. The van der Waals surface area contributed by atoms with E-state index in [0.717, 1.165) is 24.7 Å². The molecule has 0 amide bonds. The van der Waals surface area contributed by atoms with Crippen LogP contribution in [0.2, 0.25) is 0 Å². The summed E-state index contributed by atoms with van der Waals surface area (Å²) in [6, 6.07) is 3.97. The van der Waals surface area contributed by atoms with E-state index in [4.69, 9.17) is 4.98 Å². The predicted octanol–water partition coefficient (Wildman–Crippen LogP) is 3.90. The molecule has 1 aromatic carbocycles. The maximum atomic E-state index is 14.3. The summed E-state index contributed by atoms with van der Waals surface area (Å²) in [5, 5.41) is 0.453. The normalized spacial score (nSPS) is 16.4. The van der Waals surface area contributed by atoms with Gasteiger partial charge in [0.1, 0.15) is 5.82 Å². The van der Waals surface area contributed by atoms with Gasteiger partial charge in [0.05, 0.1) is 12.1 Å². The summed E-state index contributed by atoms with van der Waals surface area (Å²) in [5.74, 6) is -0.927. The van der Waals surface area contributed by atoms with Gasteiger partial charge < -0.3 is 9.55 Å². The highest BCUT2D eigenvalue weighted by atomic mass is 19.2. The van der Waals surface area contributed by atoms with E-state index < -0.39 is 17.2 Å². The zero-order valence-electron chi connectivity index (χ0n) is 16.0. The molecule has 1 aliphatic carbocycles. The summed E-state index contributed by atoms with van der Waals surface area (Å²) >= 11 is 0. The molecule has 3 aromatic heterocycles. The Morgan fingerprint density at radius 3 is 2.72 bits per heavy atom. The molecular formula is C21H19F2N5O. The Hall–Kier alpha value is -3.16. The predicted molar refractivity (Wildman–Crippen MR) is 105 cm³/mol. The van der Waals surface area contributed by atoms with Crippen LogP contribution in [0, 0.1) is 17.0 Å². The van der Waals surface area contributed by atoms with Gasteiger partial charge >= 0.3 is 0 Å². The van der Waals surface area contributed by atoms with Crippen LogP contribution < -0.4 is 5.56 Å². The van der Waals surface area contributed by atoms with E-state index in [2.05, 4.69) is 28.8 Å². The number of fused-ring (bicyclic) bond motifs is 2. The van der Waals surface area contributed by atoms with Crippen molar-refractivity contribution in [1.82, 2.24) is 24.5 Å². The average Bonchev–Trinajstić information content (AvgIpc) is 3.01. The summed E-state index contributed by atoms with van der Waals surface area (Å²) in [4.78, 5) is 28.0. The first-order chi connectivity index (χ1) is 13.8. The molecule has 1 fully saturated rings. The van der Waals surface area contributed by atoms with E-state index in [-0.39, 0.29) is 23.4 Å². The Morgan fingerprint density at radius 1 is 1.21 bits per heavy atom. The van der Waals surface area contributed by atoms with Crippen molar-refractivity contribution in [2.45, 2.75) is 39.2 Å². The second-order valence-corrected chi connectivity index (χ2v) is 8.47. The summed E-state index contributed by atoms with van der Waals surface area (Å²) in [6.07, 6.45) is 5.17. The van der Waals surface area contributed by atoms with Crippen LogP contribution in [-0.2, 0) is 6.54 Å². The van der Waals surface area contributed by atoms with Crippen molar-refractivity contribution in [2.75, 3.05) is 0 Å². The van der Waals surface area contributed by atoms with Crippen molar-refractivity contribution in [3.63, 3.8) is 0 Å². The monoisotopic (exact) mass is 395 g/mol. The Labute approximate surface area is 164 Å². The number of hydrogen-bond donors (Lipinski definition) is 1. The molecule has 5 rings (SSSR count). The molecule has 8 heteroatoms. The van der Waals surface area contributed by atoms with Crippen molar-refractivity contribution in [1.29, 1.82) is 0 Å². The number of aromatic nitrogens is 5. The summed E-state index contributed by atoms with van der Waals surface area (Å²) in [5.41, 5.74) is 1.37. The third-order valence-corrected chi connectivity index (χ3v) is 5.70. The highest BCUT2D eigenvalue weighted by Crippen LogP contribution is 2.50. The van der Waals surface area contributed by atoms with Gasteiger partial charge in [0.25, 0.3) is 0 Å². The van der Waals surface area contributed by atoms with Gasteiger partial charge in [-0.15, -0.1) is 0 Å². The Balaban J connectivity index is 1.68. The molecule has 0 unspecified atom stereocenters. The highest BCUT2D eigenvalue weighted by Gasteiger charge is 2.40. The first kappa shape index (κ1) is 17.9. The molecule has 0 spiro atoms. The minimum Gasteiger partial charge on any atom is -0.319 e. The third-order valence-electron chi connectivity index (χ3n) is 5.70. The lowest BCUT2D eigenvalue weighted by atomic mass is 9.64. The van der Waals surface area contributed by atoms with Crippen molar-refractivity contribution >= 4 is 22.2 Å². The Morgan fingerprint density at radius 2 is 1.97 bits per heavy atom. The molecule has 0 saturated heterocycles. The van der Waals surface area contributed by atoms with Crippen LogP contribution in [0.1, 0.15) is 44.0 Å². The molecule has 0 aliphatic heterocycles. The van der Waals surface area contributed by atoms with E-state index in [1.54, 1.807) is 12.4 Å². The van der Waals surface area contributed by atoms with Gasteiger partial charge in [-0.2, -0.15) is 0 Å². The number of aromatic amines is 1. The molecule has 0 bridgehead atoms. The van der Waals surface area contributed by atoms with Crippen LogP contribution in [-0.4, -0.2) is 24.5 Å². The molecule has 0 radical (unpaired) electrons. The first-order valence-corrected chi connectivity index (χ1v) is 9.49.